The number of hydrogen-bond acceptors (Lipinski definition) is 3. The fraction of sp³-hybridized carbons (Fsp3) is 0.900. The van der Waals surface area contributed by atoms with E-state index in [9.17, 15) is 14.7 Å². The Hall–Kier alpha value is -1.30. The summed E-state index contributed by atoms with van der Waals surface area (Å²) in [4.78, 5) is 27.8. The molecule has 0 bridgehead atoms. The molecule has 6 nitrogen and oxygen atoms in total. The van der Waals surface area contributed by atoms with Gasteiger partial charge in [-0.1, -0.05) is 26.2 Å². The van der Waals surface area contributed by atoms with Crippen LogP contribution in [0.5, 0.6) is 0 Å². The van der Waals surface area contributed by atoms with Crippen LogP contribution in [0.4, 0.5) is 4.79 Å². The molecule has 1 aliphatic carbocycles. The number of aliphatic carboxylic acids is 1. The highest BCUT2D eigenvalue weighted by Crippen LogP contribution is 2.44. The number of urea groups is 1. The van der Waals surface area contributed by atoms with Crippen molar-refractivity contribution in [3.63, 3.8) is 0 Å². The summed E-state index contributed by atoms with van der Waals surface area (Å²) in [5.41, 5.74) is 0.619. The number of amides is 2. The number of nitrogens with one attached hydrogen (secondary N) is 1. The van der Waals surface area contributed by atoms with Crippen LogP contribution >= 0.6 is 0 Å². The molecule has 148 valence electrons. The minimum absolute atomic E-state index is 0.108. The summed E-state index contributed by atoms with van der Waals surface area (Å²) in [6, 6.07) is -0.108. The number of carbonyl (C=O) groups excluding carboxylic acids is 1. The molecule has 2 N–H and O–H groups in total. The summed E-state index contributed by atoms with van der Waals surface area (Å²) >= 11 is 0. The van der Waals surface area contributed by atoms with Gasteiger partial charge in [-0.3, -0.25) is 4.79 Å². The summed E-state index contributed by atoms with van der Waals surface area (Å²) in [5, 5.41) is 12.2. The molecule has 26 heavy (non-hydrogen) atoms. The van der Waals surface area contributed by atoms with Crippen molar-refractivity contribution in [1.29, 1.82) is 0 Å². The molecule has 2 aliphatic heterocycles. The molecule has 3 aliphatic rings. The smallest absolute Gasteiger partial charge is 0.317 e. The van der Waals surface area contributed by atoms with Crippen molar-refractivity contribution in [3.05, 3.63) is 0 Å². The normalized spacial score (nSPS) is 29.5. The first-order chi connectivity index (χ1) is 12.5. The second-order valence-electron chi connectivity index (χ2n) is 8.92. The average Bonchev–Trinajstić information content (AvgIpc) is 2.63. The maximum atomic E-state index is 12.4. The number of piperidine rings is 2. The molecular weight excluding hydrogens is 330 g/mol. The minimum Gasteiger partial charge on any atom is -0.481 e. The van der Waals surface area contributed by atoms with Crippen molar-refractivity contribution in [2.24, 2.45) is 17.3 Å². The molecule has 2 saturated heterocycles. The molecule has 2 atom stereocenters. The number of hydrogen-bond donors (Lipinski definition) is 2. The third-order valence-electron chi connectivity index (χ3n) is 6.83. The molecule has 0 radical (unpaired) electrons. The number of nitrogens with zero attached hydrogens (tertiary/aromatic N) is 2. The maximum Gasteiger partial charge on any atom is 0.317 e. The fourth-order valence-corrected chi connectivity index (χ4v) is 5.18. The van der Waals surface area contributed by atoms with Crippen LogP contribution in [0.2, 0.25) is 0 Å². The molecule has 2 heterocycles. The van der Waals surface area contributed by atoms with Gasteiger partial charge in [0.25, 0.3) is 0 Å². The van der Waals surface area contributed by atoms with E-state index in [0.717, 1.165) is 19.6 Å². The van der Waals surface area contributed by atoms with E-state index in [1.165, 1.54) is 44.9 Å². The lowest BCUT2D eigenvalue weighted by molar-refractivity contribution is -0.143. The van der Waals surface area contributed by atoms with Gasteiger partial charge in [0.2, 0.25) is 0 Å². The summed E-state index contributed by atoms with van der Waals surface area (Å²) in [6.07, 6.45) is 10.3. The van der Waals surface area contributed by atoms with Gasteiger partial charge in [0.15, 0.2) is 0 Å². The van der Waals surface area contributed by atoms with Crippen molar-refractivity contribution in [2.75, 3.05) is 39.3 Å². The van der Waals surface area contributed by atoms with Gasteiger partial charge in [-0.05, 0) is 56.5 Å². The molecule has 0 aromatic heterocycles. The molecule has 0 aromatic carbocycles. The Balaban J connectivity index is 1.37. The highest BCUT2D eigenvalue weighted by atomic mass is 16.4. The summed E-state index contributed by atoms with van der Waals surface area (Å²) in [7, 11) is 0. The van der Waals surface area contributed by atoms with E-state index in [4.69, 9.17) is 0 Å². The van der Waals surface area contributed by atoms with E-state index in [0.29, 0.717) is 31.5 Å². The van der Waals surface area contributed by atoms with Crippen molar-refractivity contribution in [3.8, 4) is 0 Å². The minimum atomic E-state index is -0.792. The number of carboxylic acids is 1. The monoisotopic (exact) mass is 365 g/mol. The zero-order valence-electron chi connectivity index (χ0n) is 16.2. The molecule has 6 heteroatoms. The Morgan fingerprint density at radius 2 is 1.77 bits per heavy atom. The molecule has 1 saturated carbocycles. The number of carbonyl (C=O) groups is 2. The molecule has 2 unspecified atom stereocenters. The predicted molar refractivity (Wildman–Crippen MR) is 101 cm³/mol. The van der Waals surface area contributed by atoms with Crippen LogP contribution in [-0.2, 0) is 4.79 Å². The van der Waals surface area contributed by atoms with Gasteiger partial charge in [0, 0.05) is 26.2 Å². The van der Waals surface area contributed by atoms with Crippen LogP contribution in [0, 0.1) is 17.3 Å². The van der Waals surface area contributed by atoms with Crippen molar-refractivity contribution < 1.29 is 14.7 Å². The first kappa shape index (κ1) is 19.5. The Labute approximate surface area is 157 Å². The van der Waals surface area contributed by atoms with Gasteiger partial charge < -0.3 is 20.2 Å². The van der Waals surface area contributed by atoms with E-state index < -0.39 is 11.9 Å². The van der Waals surface area contributed by atoms with Crippen molar-refractivity contribution >= 4 is 12.0 Å². The van der Waals surface area contributed by atoms with Gasteiger partial charge in [-0.15, -0.1) is 0 Å². The van der Waals surface area contributed by atoms with E-state index in [1.807, 2.05) is 6.92 Å². The van der Waals surface area contributed by atoms with Crippen LogP contribution in [0.25, 0.3) is 0 Å². The molecule has 1 spiro atoms. The zero-order valence-corrected chi connectivity index (χ0v) is 16.2. The first-order valence-electron chi connectivity index (χ1n) is 10.5. The van der Waals surface area contributed by atoms with Gasteiger partial charge >= 0.3 is 12.0 Å². The predicted octanol–water partition coefficient (Wildman–Crippen LogP) is 2.78. The van der Waals surface area contributed by atoms with E-state index >= 15 is 0 Å². The fourth-order valence-electron chi connectivity index (χ4n) is 5.18. The Kier molecular flexibility index (Phi) is 6.43. The lowest BCUT2D eigenvalue weighted by atomic mass is 9.68. The topological polar surface area (TPSA) is 72.9 Å². The Morgan fingerprint density at radius 3 is 2.42 bits per heavy atom. The molecule has 0 aromatic rings. The molecule has 3 fully saturated rings. The van der Waals surface area contributed by atoms with Crippen LogP contribution < -0.4 is 5.32 Å². The second kappa shape index (κ2) is 8.59. The standard InChI is InChI=1S/C20H35N3O3/c1-16-13-17(18(24)25)15-23(14-16)19(26)21-9-12-22-10-7-20(8-11-22)5-3-2-4-6-20/h16-17H,2-15H2,1H3,(H,21,26)(H,24,25). The quantitative estimate of drug-likeness (QED) is 0.803. The average molecular weight is 366 g/mol. The van der Waals surface area contributed by atoms with Crippen LogP contribution in [0.15, 0.2) is 0 Å². The summed E-state index contributed by atoms with van der Waals surface area (Å²) in [5.74, 6) is -0.984. The maximum absolute atomic E-state index is 12.4. The number of rotatable bonds is 4. The number of carboxylic acid groups (broad SMARTS) is 1. The Bertz CT molecular complexity index is 495. The van der Waals surface area contributed by atoms with Gasteiger partial charge in [0.05, 0.1) is 5.92 Å². The third-order valence-corrected chi connectivity index (χ3v) is 6.83. The lowest BCUT2D eigenvalue weighted by Crippen LogP contribution is -2.51. The highest BCUT2D eigenvalue weighted by molar-refractivity contribution is 5.76. The SMILES string of the molecule is CC1CC(C(=O)O)CN(C(=O)NCCN2CCC3(CCCCC3)CC2)C1. The van der Waals surface area contributed by atoms with Crippen LogP contribution in [0.1, 0.15) is 58.3 Å². The Morgan fingerprint density at radius 1 is 1.08 bits per heavy atom. The van der Waals surface area contributed by atoms with Gasteiger partial charge in [-0.2, -0.15) is 0 Å². The molecule has 2 amide bonds. The summed E-state index contributed by atoms with van der Waals surface area (Å²) in [6.45, 7) is 6.85. The van der Waals surface area contributed by atoms with E-state index in [-0.39, 0.29) is 11.9 Å². The van der Waals surface area contributed by atoms with Crippen molar-refractivity contribution in [2.45, 2.75) is 58.3 Å². The van der Waals surface area contributed by atoms with E-state index in [2.05, 4.69) is 10.2 Å². The van der Waals surface area contributed by atoms with Crippen LogP contribution in [-0.4, -0.2) is 66.2 Å². The first-order valence-corrected chi connectivity index (χ1v) is 10.5. The van der Waals surface area contributed by atoms with E-state index in [1.54, 1.807) is 4.90 Å². The third kappa shape index (κ3) is 4.90. The molecular formula is C20H35N3O3. The second-order valence-corrected chi connectivity index (χ2v) is 8.92. The van der Waals surface area contributed by atoms with Gasteiger partial charge in [-0.25, -0.2) is 4.79 Å². The number of likely N-dealkylation sites (tertiary alicyclic amines) is 2. The molecule has 3 rings (SSSR count). The highest BCUT2D eigenvalue weighted by Gasteiger charge is 2.35. The largest absolute Gasteiger partial charge is 0.481 e. The van der Waals surface area contributed by atoms with Crippen molar-refractivity contribution in [1.82, 2.24) is 15.1 Å². The summed E-state index contributed by atoms with van der Waals surface area (Å²) < 4.78 is 0. The van der Waals surface area contributed by atoms with Crippen LogP contribution in [0.3, 0.4) is 0 Å². The zero-order chi connectivity index (χ0) is 18.6. The lowest BCUT2D eigenvalue weighted by Gasteiger charge is -2.44. The van der Waals surface area contributed by atoms with Gasteiger partial charge in [0.1, 0.15) is 0 Å².